The van der Waals surface area contributed by atoms with Crippen molar-refractivity contribution in [3.05, 3.63) is 40.3 Å². The molecule has 0 atom stereocenters. The minimum absolute atomic E-state index is 0.00554. The second kappa shape index (κ2) is 6.84. The van der Waals surface area contributed by atoms with Crippen molar-refractivity contribution in [3.8, 4) is 5.88 Å². The molecule has 0 aliphatic rings. The zero-order valence-electron chi connectivity index (χ0n) is 14.4. The van der Waals surface area contributed by atoms with E-state index in [-0.39, 0.29) is 23.1 Å². The molecular formula is C17H20N6O2. The summed E-state index contributed by atoms with van der Waals surface area (Å²) in [4.78, 5) is 14.1. The molecule has 0 aliphatic carbocycles. The Morgan fingerprint density at radius 2 is 2.00 bits per heavy atom. The number of H-pyrrole nitrogens is 1. The third kappa shape index (κ3) is 3.42. The maximum Gasteiger partial charge on any atom is 0.274 e. The van der Waals surface area contributed by atoms with Crippen molar-refractivity contribution in [2.24, 2.45) is 16.1 Å². The zero-order valence-corrected chi connectivity index (χ0v) is 14.4. The third-order valence-electron chi connectivity index (χ3n) is 3.94. The lowest BCUT2D eigenvalue weighted by Crippen LogP contribution is -2.12. The average molecular weight is 340 g/mol. The summed E-state index contributed by atoms with van der Waals surface area (Å²) in [7, 11) is 0. The van der Waals surface area contributed by atoms with E-state index in [4.69, 9.17) is 0 Å². The Morgan fingerprint density at radius 1 is 1.24 bits per heavy atom. The molecule has 0 amide bonds. The molecule has 2 aromatic heterocycles. The Labute approximate surface area is 144 Å². The van der Waals surface area contributed by atoms with Gasteiger partial charge in [0, 0.05) is 11.9 Å². The highest BCUT2D eigenvalue weighted by atomic mass is 16.3. The molecular weight excluding hydrogens is 320 g/mol. The molecule has 130 valence electrons. The minimum atomic E-state index is -0.368. The van der Waals surface area contributed by atoms with Crippen molar-refractivity contribution in [2.45, 2.75) is 33.7 Å². The van der Waals surface area contributed by atoms with E-state index in [1.807, 2.05) is 28.8 Å². The molecule has 0 fully saturated rings. The fourth-order valence-corrected chi connectivity index (χ4v) is 2.51. The average Bonchev–Trinajstić information content (AvgIpc) is 2.85. The number of rotatable bonds is 5. The number of hydrogen-bond donors (Lipinski definition) is 2. The van der Waals surface area contributed by atoms with Crippen LogP contribution in [-0.4, -0.2) is 24.9 Å². The lowest BCUT2D eigenvalue weighted by molar-refractivity contribution is 0.407. The first-order valence-corrected chi connectivity index (χ1v) is 8.13. The topological polar surface area (TPSA) is 109 Å². The van der Waals surface area contributed by atoms with E-state index < -0.39 is 0 Å². The molecule has 0 radical (unpaired) electrons. The highest BCUT2D eigenvalue weighted by Gasteiger charge is 2.16. The molecule has 0 saturated heterocycles. The normalized spacial score (nSPS) is 11.8. The van der Waals surface area contributed by atoms with Gasteiger partial charge in [0.1, 0.15) is 5.69 Å². The van der Waals surface area contributed by atoms with Crippen molar-refractivity contribution in [2.75, 3.05) is 0 Å². The second-order valence-corrected chi connectivity index (χ2v) is 6.29. The highest BCUT2D eigenvalue weighted by Crippen LogP contribution is 2.39. The summed E-state index contributed by atoms with van der Waals surface area (Å²) in [5.74, 6) is 0.556. The van der Waals surface area contributed by atoms with Crippen LogP contribution in [-0.2, 0) is 6.54 Å². The molecule has 3 aromatic rings. The number of aryl methyl sites for hydroxylation is 2. The predicted octanol–water partition coefficient (Wildman–Crippen LogP) is 3.60. The Kier molecular flexibility index (Phi) is 4.60. The second-order valence-electron chi connectivity index (χ2n) is 6.29. The summed E-state index contributed by atoms with van der Waals surface area (Å²) < 4.78 is 1.83. The van der Waals surface area contributed by atoms with Gasteiger partial charge in [0.05, 0.1) is 5.52 Å². The number of aromatic amines is 1. The van der Waals surface area contributed by atoms with E-state index in [0.29, 0.717) is 18.2 Å². The first kappa shape index (κ1) is 16.8. The maximum atomic E-state index is 11.6. The molecule has 8 nitrogen and oxygen atoms in total. The number of azo groups is 1. The van der Waals surface area contributed by atoms with Crippen LogP contribution in [0.25, 0.3) is 10.9 Å². The van der Waals surface area contributed by atoms with Crippen molar-refractivity contribution >= 4 is 22.5 Å². The van der Waals surface area contributed by atoms with Crippen LogP contribution in [0.1, 0.15) is 26.0 Å². The van der Waals surface area contributed by atoms with Gasteiger partial charge in [-0.3, -0.25) is 9.78 Å². The van der Waals surface area contributed by atoms with E-state index in [1.165, 1.54) is 0 Å². The molecule has 0 spiro atoms. The third-order valence-corrected chi connectivity index (χ3v) is 3.94. The van der Waals surface area contributed by atoms with Gasteiger partial charge in [-0.1, -0.05) is 32.0 Å². The fraction of sp³-hybridized carbons (Fsp3) is 0.353. The summed E-state index contributed by atoms with van der Waals surface area (Å²) in [5.41, 5.74) is 1.13. The molecule has 0 unspecified atom stereocenters. The summed E-state index contributed by atoms with van der Waals surface area (Å²) in [6.07, 6.45) is 0.930. The number of nitrogens with zero attached hydrogens (tertiary/aromatic N) is 5. The lowest BCUT2D eigenvalue weighted by Gasteiger charge is -2.08. The number of nitrogens with one attached hydrogen (secondary N) is 1. The van der Waals surface area contributed by atoms with Crippen molar-refractivity contribution in [3.63, 3.8) is 0 Å². The molecule has 8 heteroatoms. The van der Waals surface area contributed by atoms with Gasteiger partial charge in [-0.25, -0.2) is 0 Å². The van der Waals surface area contributed by atoms with E-state index in [0.717, 1.165) is 17.3 Å². The lowest BCUT2D eigenvalue weighted by atomic mass is 10.1. The first-order chi connectivity index (χ1) is 12.0. The minimum Gasteiger partial charge on any atom is -0.493 e. The van der Waals surface area contributed by atoms with Crippen LogP contribution >= 0.6 is 0 Å². The number of para-hydroxylation sites is 1. The molecule has 0 bridgehead atoms. The molecule has 2 N–H and O–H groups in total. The van der Waals surface area contributed by atoms with Crippen molar-refractivity contribution in [1.29, 1.82) is 0 Å². The summed E-state index contributed by atoms with van der Waals surface area (Å²) in [6, 6.07) is 7.60. The molecule has 3 rings (SSSR count). The van der Waals surface area contributed by atoms with Gasteiger partial charge in [-0.2, -0.15) is 0 Å². The van der Waals surface area contributed by atoms with Crippen LogP contribution in [0.3, 0.4) is 0 Å². The van der Waals surface area contributed by atoms with Crippen LogP contribution in [0.4, 0.5) is 11.6 Å². The molecule has 2 heterocycles. The van der Waals surface area contributed by atoms with Gasteiger partial charge in [-0.05, 0) is 25.3 Å². The Morgan fingerprint density at radius 3 is 2.72 bits per heavy atom. The van der Waals surface area contributed by atoms with Crippen LogP contribution in [0.15, 0.2) is 39.3 Å². The molecule has 1 aromatic carbocycles. The highest BCUT2D eigenvalue weighted by molar-refractivity contribution is 5.94. The molecule has 25 heavy (non-hydrogen) atoms. The molecule has 0 saturated carbocycles. The number of benzene rings is 1. The van der Waals surface area contributed by atoms with Crippen LogP contribution in [0.2, 0.25) is 0 Å². The molecule has 0 aliphatic heterocycles. The monoisotopic (exact) mass is 340 g/mol. The van der Waals surface area contributed by atoms with Crippen LogP contribution in [0, 0.1) is 12.8 Å². The Bertz CT molecular complexity index is 986. The predicted molar refractivity (Wildman–Crippen MR) is 94.6 cm³/mol. The zero-order chi connectivity index (χ0) is 18.0. The summed E-state index contributed by atoms with van der Waals surface area (Å²) >= 11 is 0. The van der Waals surface area contributed by atoms with Crippen molar-refractivity contribution < 1.29 is 5.11 Å². The van der Waals surface area contributed by atoms with E-state index in [9.17, 15) is 9.90 Å². The van der Waals surface area contributed by atoms with Gasteiger partial charge in [0.2, 0.25) is 5.88 Å². The largest absolute Gasteiger partial charge is 0.493 e. The van der Waals surface area contributed by atoms with Gasteiger partial charge in [0.15, 0.2) is 5.69 Å². The standard InChI is InChI=1S/C17H20N6O2/c1-10(2)8-9-23-13-7-5-4-6-12(13)14(16(23)25)20-22-17-18-15(24)11(3)19-21-17/h4-7,10,25H,8-9H2,1-3H3,(H,18,21,24). The van der Waals surface area contributed by atoms with E-state index >= 15 is 0 Å². The van der Waals surface area contributed by atoms with Gasteiger partial charge in [0.25, 0.3) is 11.5 Å². The van der Waals surface area contributed by atoms with Crippen LogP contribution < -0.4 is 5.56 Å². The van der Waals surface area contributed by atoms with E-state index in [1.54, 1.807) is 6.92 Å². The Hall–Kier alpha value is -3.03. The van der Waals surface area contributed by atoms with Gasteiger partial charge in [-0.15, -0.1) is 20.4 Å². The van der Waals surface area contributed by atoms with Gasteiger partial charge >= 0.3 is 0 Å². The number of hydrogen-bond acceptors (Lipinski definition) is 6. The van der Waals surface area contributed by atoms with Crippen molar-refractivity contribution in [1.82, 2.24) is 19.7 Å². The summed E-state index contributed by atoms with van der Waals surface area (Å²) in [6.45, 7) is 6.51. The number of aromatic nitrogens is 4. The SMILES string of the molecule is Cc1nnc(N=Nc2c(O)n(CCC(C)C)c3ccccc23)[nH]c1=O. The van der Waals surface area contributed by atoms with Gasteiger partial charge < -0.3 is 9.67 Å². The fourth-order valence-electron chi connectivity index (χ4n) is 2.51. The smallest absolute Gasteiger partial charge is 0.274 e. The number of aromatic hydroxyl groups is 1. The maximum absolute atomic E-state index is 11.6. The quantitative estimate of drug-likeness (QED) is 0.692. The number of fused-ring (bicyclic) bond motifs is 1. The van der Waals surface area contributed by atoms with Crippen LogP contribution in [0.5, 0.6) is 5.88 Å². The van der Waals surface area contributed by atoms with E-state index in [2.05, 4.69) is 39.3 Å². The summed E-state index contributed by atoms with van der Waals surface area (Å²) in [5, 5.41) is 26.9. The Balaban J connectivity index is 2.03. The first-order valence-electron chi connectivity index (χ1n) is 8.13.